The smallest absolute Gasteiger partial charge is 0.251 e. The topological polar surface area (TPSA) is 53.9 Å². The van der Waals surface area contributed by atoms with Gasteiger partial charge < -0.3 is 10.2 Å². The lowest BCUT2D eigenvalue weighted by molar-refractivity contribution is 0.866. The van der Waals surface area contributed by atoms with E-state index < -0.39 is 0 Å². The van der Waals surface area contributed by atoms with Crippen LogP contribution in [0.5, 0.6) is 0 Å². The SMILES string of the molecule is CCN(c1ccccc1)c1nncc(Nc2ccccc2C(C)C)n1. The fraction of sp³-hybridized carbons (Fsp3) is 0.250. The number of benzene rings is 2. The molecule has 1 aromatic heterocycles. The van der Waals surface area contributed by atoms with E-state index in [4.69, 9.17) is 0 Å². The fourth-order valence-electron chi connectivity index (χ4n) is 2.77. The minimum Gasteiger partial charge on any atom is -0.339 e. The van der Waals surface area contributed by atoms with Crippen LogP contribution in [-0.4, -0.2) is 21.7 Å². The van der Waals surface area contributed by atoms with E-state index in [0.29, 0.717) is 17.7 Å². The molecule has 3 aromatic rings. The summed E-state index contributed by atoms with van der Waals surface area (Å²) in [5.74, 6) is 1.70. The van der Waals surface area contributed by atoms with Gasteiger partial charge in [-0.3, -0.25) is 0 Å². The molecule has 128 valence electrons. The Morgan fingerprint density at radius 1 is 1.00 bits per heavy atom. The van der Waals surface area contributed by atoms with Crippen molar-refractivity contribution in [1.29, 1.82) is 0 Å². The van der Waals surface area contributed by atoms with Crippen molar-refractivity contribution in [2.24, 2.45) is 0 Å². The zero-order valence-electron chi connectivity index (χ0n) is 14.8. The van der Waals surface area contributed by atoms with Crippen LogP contribution in [0, 0.1) is 0 Å². The molecule has 0 fully saturated rings. The first-order chi connectivity index (χ1) is 12.2. The van der Waals surface area contributed by atoms with Crippen molar-refractivity contribution >= 4 is 23.1 Å². The van der Waals surface area contributed by atoms with Gasteiger partial charge in [-0.15, -0.1) is 5.10 Å². The molecule has 0 atom stereocenters. The van der Waals surface area contributed by atoms with Crippen LogP contribution in [0.3, 0.4) is 0 Å². The number of nitrogens with one attached hydrogen (secondary N) is 1. The lowest BCUT2D eigenvalue weighted by Gasteiger charge is -2.21. The summed E-state index contributed by atoms with van der Waals surface area (Å²) in [4.78, 5) is 6.69. The van der Waals surface area contributed by atoms with Crippen molar-refractivity contribution in [3.63, 3.8) is 0 Å². The van der Waals surface area contributed by atoms with E-state index in [-0.39, 0.29) is 0 Å². The van der Waals surface area contributed by atoms with Crippen LogP contribution in [0.15, 0.2) is 60.8 Å². The van der Waals surface area contributed by atoms with Crippen LogP contribution in [-0.2, 0) is 0 Å². The van der Waals surface area contributed by atoms with Crippen molar-refractivity contribution in [3.8, 4) is 0 Å². The van der Waals surface area contributed by atoms with Crippen molar-refractivity contribution in [3.05, 3.63) is 66.4 Å². The highest BCUT2D eigenvalue weighted by Gasteiger charge is 2.12. The molecule has 1 N–H and O–H groups in total. The average Bonchev–Trinajstić information content (AvgIpc) is 2.64. The second kappa shape index (κ2) is 7.75. The molecule has 25 heavy (non-hydrogen) atoms. The number of hydrogen-bond acceptors (Lipinski definition) is 5. The summed E-state index contributed by atoms with van der Waals surface area (Å²) in [6.45, 7) is 7.19. The first-order valence-electron chi connectivity index (χ1n) is 8.57. The van der Waals surface area contributed by atoms with Gasteiger partial charge in [-0.05, 0) is 36.6 Å². The molecule has 5 heteroatoms. The lowest BCUT2D eigenvalue weighted by atomic mass is 10.0. The Morgan fingerprint density at radius 2 is 1.72 bits per heavy atom. The Bertz CT molecular complexity index is 817. The third-order valence-corrected chi connectivity index (χ3v) is 4.02. The van der Waals surface area contributed by atoms with Gasteiger partial charge in [-0.25, -0.2) is 0 Å². The van der Waals surface area contributed by atoms with Crippen molar-refractivity contribution < 1.29 is 0 Å². The van der Waals surface area contributed by atoms with Crippen LogP contribution in [0.1, 0.15) is 32.3 Å². The fourth-order valence-corrected chi connectivity index (χ4v) is 2.77. The van der Waals surface area contributed by atoms with Gasteiger partial charge in [-0.1, -0.05) is 50.2 Å². The highest BCUT2D eigenvalue weighted by molar-refractivity contribution is 5.63. The van der Waals surface area contributed by atoms with Gasteiger partial charge in [0, 0.05) is 17.9 Å². The van der Waals surface area contributed by atoms with Gasteiger partial charge in [0.05, 0.1) is 6.20 Å². The molecular formula is C20H23N5. The van der Waals surface area contributed by atoms with Crippen molar-refractivity contribution in [1.82, 2.24) is 15.2 Å². The first kappa shape index (κ1) is 16.9. The molecule has 1 heterocycles. The van der Waals surface area contributed by atoms with E-state index in [9.17, 15) is 0 Å². The Labute approximate surface area is 148 Å². The van der Waals surface area contributed by atoms with Gasteiger partial charge in [0.25, 0.3) is 5.95 Å². The third-order valence-electron chi connectivity index (χ3n) is 4.02. The lowest BCUT2D eigenvalue weighted by Crippen LogP contribution is -2.19. The predicted octanol–water partition coefficient (Wildman–Crippen LogP) is 4.90. The van der Waals surface area contributed by atoms with E-state index in [1.54, 1.807) is 6.20 Å². The molecule has 5 nitrogen and oxygen atoms in total. The Balaban J connectivity index is 1.90. The van der Waals surface area contributed by atoms with Gasteiger partial charge in [0.2, 0.25) is 0 Å². The normalized spacial score (nSPS) is 10.7. The molecule has 0 aliphatic heterocycles. The molecule has 0 aliphatic carbocycles. The van der Waals surface area contributed by atoms with E-state index in [2.05, 4.69) is 59.5 Å². The van der Waals surface area contributed by atoms with Crippen molar-refractivity contribution in [2.45, 2.75) is 26.7 Å². The maximum absolute atomic E-state index is 4.66. The van der Waals surface area contributed by atoms with Crippen LogP contribution >= 0.6 is 0 Å². The van der Waals surface area contributed by atoms with Crippen molar-refractivity contribution in [2.75, 3.05) is 16.8 Å². The highest BCUT2D eigenvalue weighted by atomic mass is 15.3. The van der Waals surface area contributed by atoms with E-state index in [0.717, 1.165) is 17.9 Å². The monoisotopic (exact) mass is 333 g/mol. The minimum atomic E-state index is 0.425. The largest absolute Gasteiger partial charge is 0.339 e. The number of hydrogen-bond donors (Lipinski definition) is 1. The quantitative estimate of drug-likeness (QED) is 0.695. The molecule has 3 rings (SSSR count). The molecule has 2 aromatic carbocycles. The predicted molar refractivity (Wildman–Crippen MR) is 103 cm³/mol. The van der Waals surface area contributed by atoms with Gasteiger partial charge in [0.15, 0.2) is 5.82 Å². The second-order valence-corrected chi connectivity index (χ2v) is 6.09. The molecule has 0 radical (unpaired) electrons. The molecular weight excluding hydrogens is 310 g/mol. The molecule has 0 saturated carbocycles. The summed E-state index contributed by atoms with van der Waals surface area (Å²) in [6.07, 6.45) is 1.65. The summed E-state index contributed by atoms with van der Waals surface area (Å²) in [6, 6.07) is 18.4. The molecule has 0 unspecified atom stereocenters. The molecule has 0 amide bonds. The van der Waals surface area contributed by atoms with Gasteiger partial charge in [-0.2, -0.15) is 10.1 Å². The van der Waals surface area contributed by atoms with Gasteiger partial charge >= 0.3 is 0 Å². The number of aromatic nitrogens is 3. The summed E-state index contributed by atoms with van der Waals surface area (Å²) >= 11 is 0. The van der Waals surface area contributed by atoms with Gasteiger partial charge in [0.1, 0.15) is 0 Å². The van der Waals surface area contributed by atoms with E-state index in [1.807, 2.05) is 41.3 Å². The second-order valence-electron chi connectivity index (χ2n) is 6.09. The number of nitrogens with zero attached hydrogens (tertiary/aromatic N) is 4. The number of anilines is 4. The highest BCUT2D eigenvalue weighted by Crippen LogP contribution is 2.27. The Hall–Kier alpha value is -2.95. The molecule has 0 aliphatic rings. The third kappa shape index (κ3) is 3.94. The zero-order valence-corrected chi connectivity index (χ0v) is 14.8. The number of rotatable bonds is 6. The Kier molecular flexibility index (Phi) is 5.23. The molecule has 0 spiro atoms. The van der Waals surface area contributed by atoms with Crippen LogP contribution < -0.4 is 10.2 Å². The van der Waals surface area contributed by atoms with E-state index in [1.165, 1.54) is 5.56 Å². The molecule has 0 saturated heterocycles. The minimum absolute atomic E-state index is 0.425. The number of para-hydroxylation sites is 2. The summed E-state index contributed by atoms with van der Waals surface area (Å²) in [7, 11) is 0. The summed E-state index contributed by atoms with van der Waals surface area (Å²) < 4.78 is 0. The maximum Gasteiger partial charge on any atom is 0.251 e. The summed E-state index contributed by atoms with van der Waals surface area (Å²) in [5, 5.41) is 11.7. The summed E-state index contributed by atoms with van der Waals surface area (Å²) in [5.41, 5.74) is 3.34. The van der Waals surface area contributed by atoms with Crippen LogP contribution in [0.2, 0.25) is 0 Å². The molecule has 0 bridgehead atoms. The standard InChI is InChI=1S/C20H23N5/c1-4-25(16-10-6-5-7-11-16)20-23-19(14-21-24-20)22-18-13-9-8-12-17(18)15(2)3/h5-15H,4H2,1-3H3,(H,22,23,24). The maximum atomic E-state index is 4.66. The van der Waals surface area contributed by atoms with Crippen LogP contribution in [0.4, 0.5) is 23.1 Å². The average molecular weight is 333 g/mol. The Morgan fingerprint density at radius 3 is 2.44 bits per heavy atom. The zero-order chi connectivity index (χ0) is 17.6. The van der Waals surface area contributed by atoms with E-state index >= 15 is 0 Å². The first-order valence-corrected chi connectivity index (χ1v) is 8.57. The van der Waals surface area contributed by atoms with Crippen LogP contribution in [0.25, 0.3) is 0 Å².